The number of carboxylic acid groups (broad SMARTS) is 1. The molecule has 0 saturated heterocycles. The summed E-state index contributed by atoms with van der Waals surface area (Å²) in [7, 11) is 3.57. The number of likely N-dealkylation sites (N-methyl/N-ethyl adjacent to an activating group) is 1. The number of carbonyl (C=O) groups excluding carboxylic acids is 1. The van der Waals surface area contributed by atoms with Gasteiger partial charge in [-0.25, -0.2) is 4.79 Å². The van der Waals surface area contributed by atoms with Crippen LogP contribution in [0.4, 0.5) is 13.2 Å². The van der Waals surface area contributed by atoms with E-state index < -0.39 is 12.1 Å². The highest BCUT2D eigenvalue weighted by atomic mass is 35.5. The second-order valence-corrected chi connectivity index (χ2v) is 7.71. The van der Waals surface area contributed by atoms with Crippen molar-refractivity contribution in [3.8, 4) is 5.75 Å². The summed E-state index contributed by atoms with van der Waals surface area (Å²) >= 11 is 12.6. The Morgan fingerprint density at radius 1 is 1.19 bits per heavy atom. The Bertz CT molecular complexity index is 999. The third-order valence-electron chi connectivity index (χ3n) is 4.63. The molecular weight excluding hydrogens is 460 g/mol. The summed E-state index contributed by atoms with van der Waals surface area (Å²) in [5.74, 6) is -3.08. The van der Waals surface area contributed by atoms with Gasteiger partial charge in [-0.3, -0.25) is 4.79 Å². The monoisotopic (exact) mass is 478 g/mol. The number of phenolic OH excluding ortho intramolecular Hbond substituents is 1. The number of amides is 1. The number of aliphatic carboxylic acids is 1. The molecule has 11 heteroatoms. The van der Waals surface area contributed by atoms with Crippen LogP contribution in [0.15, 0.2) is 30.3 Å². The number of halogens is 5. The van der Waals surface area contributed by atoms with Crippen molar-refractivity contribution in [1.29, 1.82) is 0 Å². The second kappa shape index (κ2) is 9.76. The molecular formula is C20H19Cl2F3N2O4. The normalized spacial score (nSPS) is 16.0. The molecule has 1 heterocycles. The molecule has 31 heavy (non-hydrogen) atoms. The van der Waals surface area contributed by atoms with Crippen LogP contribution in [0.1, 0.15) is 33.0 Å². The molecule has 168 valence electrons. The molecule has 0 spiro atoms. The highest BCUT2D eigenvalue weighted by Crippen LogP contribution is 2.39. The number of carboxylic acids is 1. The van der Waals surface area contributed by atoms with Gasteiger partial charge in [0.05, 0.1) is 5.56 Å². The van der Waals surface area contributed by atoms with Crippen molar-refractivity contribution >= 4 is 35.1 Å². The Kier molecular flexibility index (Phi) is 7.80. The molecule has 1 atom stereocenters. The molecule has 0 aliphatic carbocycles. The average Bonchev–Trinajstić information content (AvgIpc) is 2.67. The van der Waals surface area contributed by atoms with E-state index in [4.69, 9.17) is 33.1 Å². The van der Waals surface area contributed by atoms with Crippen molar-refractivity contribution in [1.82, 2.24) is 10.2 Å². The number of nitrogens with one attached hydrogen (secondary N) is 1. The molecule has 1 aliphatic rings. The number of alkyl halides is 3. The fraction of sp³-hybridized carbons (Fsp3) is 0.300. The molecule has 0 aromatic heterocycles. The van der Waals surface area contributed by atoms with Crippen LogP contribution in [0.5, 0.6) is 5.75 Å². The molecule has 2 aromatic carbocycles. The molecule has 0 fully saturated rings. The van der Waals surface area contributed by atoms with Gasteiger partial charge in [0.25, 0.3) is 5.91 Å². The van der Waals surface area contributed by atoms with Crippen LogP contribution in [-0.2, 0) is 11.3 Å². The molecule has 1 amide bonds. The summed E-state index contributed by atoms with van der Waals surface area (Å²) in [4.78, 5) is 23.0. The fourth-order valence-corrected chi connectivity index (χ4v) is 3.79. The van der Waals surface area contributed by atoms with Crippen molar-refractivity contribution in [2.45, 2.75) is 18.6 Å². The van der Waals surface area contributed by atoms with Gasteiger partial charge in [-0.2, -0.15) is 13.2 Å². The van der Waals surface area contributed by atoms with E-state index in [0.717, 1.165) is 29.8 Å². The average molecular weight is 479 g/mol. The van der Waals surface area contributed by atoms with E-state index in [1.165, 1.54) is 7.05 Å². The molecule has 6 nitrogen and oxygen atoms in total. The molecule has 3 N–H and O–H groups in total. The van der Waals surface area contributed by atoms with Crippen LogP contribution < -0.4 is 5.32 Å². The Morgan fingerprint density at radius 3 is 2.35 bits per heavy atom. The van der Waals surface area contributed by atoms with Gasteiger partial charge in [-0.1, -0.05) is 29.3 Å². The van der Waals surface area contributed by atoms with E-state index in [-0.39, 0.29) is 23.1 Å². The zero-order valence-electron chi connectivity index (χ0n) is 16.4. The minimum absolute atomic E-state index is 0.0268. The number of hydrogen-bond acceptors (Lipinski definition) is 4. The third kappa shape index (κ3) is 6.03. The Balaban J connectivity index is 0.000000423. The summed E-state index contributed by atoms with van der Waals surface area (Å²) in [6.45, 7) is 1.53. The maximum absolute atomic E-state index is 12.0. The quantitative estimate of drug-likeness (QED) is 0.599. The summed E-state index contributed by atoms with van der Waals surface area (Å²) in [6, 6.07) is 8.82. The SMILES string of the molecule is CNC(=O)c1cc(C2CN(C)Cc3c(Cl)cc(Cl)cc32)ccc1O.O=C(O)C(F)(F)F. The van der Waals surface area contributed by atoms with Crippen LogP contribution in [0.3, 0.4) is 0 Å². The fourth-order valence-electron chi connectivity index (χ4n) is 3.22. The predicted octanol–water partition coefficient (Wildman–Crippen LogP) is 4.27. The Hall–Kier alpha value is -2.49. The van der Waals surface area contributed by atoms with Crippen molar-refractivity contribution in [3.05, 3.63) is 62.6 Å². The zero-order valence-corrected chi connectivity index (χ0v) is 17.9. The van der Waals surface area contributed by atoms with Crippen LogP contribution in [0.25, 0.3) is 0 Å². The minimum Gasteiger partial charge on any atom is -0.507 e. The molecule has 0 radical (unpaired) electrons. The van der Waals surface area contributed by atoms with Gasteiger partial charge in [0.2, 0.25) is 0 Å². The van der Waals surface area contributed by atoms with E-state index in [0.29, 0.717) is 10.0 Å². The van der Waals surface area contributed by atoms with Gasteiger partial charge in [0, 0.05) is 36.1 Å². The van der Waals surface area contributed by atoms with Crippen LogP contribution in [0, 0.1) is 0 Å². The van der Waals surface area contributed by atoms with Crippen molar-refractivity contribution < 1.29 is 33.0 Å². The largest absolute Gasteiger partial charge is 0.507 e. The summed E-state index contributed by atoms with van der Waals surface area (Å²) in [5, 5.41) is 20.9. The molecule has 1 unspecified atom stereocenters. The van der Waals surface area contributed by atoms with E-state index in [9.17, 15) is 23.1 Å². The summed E-state index contributed by atoms with van der Waals surface area (Å²) < 4.78 is 31.7. The van der Waals surface area contributed by atoms with Crippen molar-refractivity contribution in [3.63, 3.8) is 0 Å². The van der Waals surface area contributed by atoms with Crippen molar-refractivity contribution in [2.24, 2.45) is 0 Å². The number of carbonyl (C=O) groups is 2. The number of fused-ring (bicyclic) bond motifs is 1. The summed E-state index contributed by atoms with van der Waals surface area (Å²) in [6.07, 6.45) is -5.08. The maximum Gasteiger partial charge on any atom is 0.490 e. The smallest absolute Gasteiger partial charge is 0.490 e. The van der Waals surface area contributed by atoms with Gasteiger partial charge >= 0.3 is 12.1 Å². The Labute approximate surface area is 186 Å². The maximum atomic E-state index is 12.0. The highest BCUT2D eigenvalue weighted by Gasteiger charge is 2.38. The van der Waals surface area contributed by atoms with Gasteiger partial charge in [0.15, 0.2) is 0 Å². The number of rotatable bonds is 2. The first-order valence-corrected chi connectivity index (χ1v) is 9.62. The lowest BCUT2D eigenvalue weighted by atomic mass is 9.84. The lowest BCUT2D eigenvalue weighted by molar-refractivity contribution is -0.192. The van der Waals surface area contributed by atoms with Crippen LogP contribution in [-0.4, -0.2) is 53.8 Å². The number of hydrogen-bond donors (Lipinski definition) is 3. The first-order valence-electron chi connectivity index (χ1n) is 8.86. The van der Waals surface area contributed by atoms with Gasteiger partial charge in [0.1, 0.15) is 5.75 Å². The van der Waals surface area contributed by atoms with E-state index >= 15 is 0 Å². The second-order valence-electron chi connectivity index (χ2n) is 6.86. The standard InChI is InChI=1S/C18H18Cl2N2O2.C2HF3O2/c1-21-18(24)13-5-10(3-4-17(13)23)14-8-22(2)9-15-12(14)6-11(19)7-16(15)20;3-2(4,5)1(6)7/h3-7,14,23H,8-9H2,1-2H3,(H,21,24);(H,6,7). The van der Waals surface area contributed by atoms with Gasteiger partial charge in [-0.15, -0.1) is 0 Å². The Morgan fingerprint density at radius 2 is 1.81 bits per heavy atom. The summed E-state index contributed by atoms with van der Waals surface area (Å²) in [5.41, 5.74) is 3.32. The minimum atomic E-state index is -5.08. The van der Waals surface area contributed by atoms with E-state index in [1.807, 2.05) is 19.2 Å². The topological polar surface area (TPSA) is 89.9 Å². The first kappa shape index (κ1) is 24.8. The molecule has 3 rings (SSSR count). The molecule has 1 aliphatic heterocycles. The number of benzene rings is 2. The zero-order chi connectivity index (χ0) is 23.5. The number of nitrogens with zero attached hydrogens (tertiary/aromatic N) is 1. The van der Waals surface area contributed by atoms with E-state index in [2.05, 4.69) is 10.2 Å². The third-order valence-corrected chi connectivity index (χ3v) is 5.19. The van der Waals surface area contributed by atoms with Gasteiger partial charge in [-0.05, 0) is 48.0 Å². The molecule has 0 saturated carbocycles. The lowest BCUT2D eigenvalue weighted by Crippen LogP contribution is -2.31. The molecule has 2 aromatic rings. The lowest BCUT2D eigenvalue weighted by Gasteiger charge is -2.33. The molecule has 0 bridgehead atoms. The van der Waals surface area contributed by atoms with Crippen LogP contribution in [0.2, 0.25) is 10.0 Å². The van der Waals surface area contributed by atoms with Gasteiger partial charge < -0.3 is 20.4 Å². The number of aromatic hydroxyl groups is 1. The highest BCUT2D eigenvalue weighted by molar-refractivity contribution is 6.35. The van der Waals surface area contributed by atoms with E-state index in [1.54, 1.807) is 18.2 Å². The first-order chi connectivity index (χ1) is 14.3. The van der Waals surface area contributed by atoms with Crippen molar-refractivity contribution in [2.75, 3.05) is 20.6 Å². The number of phenols is 1. The van der Waals surface area contributed by atoms with Crippen LogP contribution >= 0.6 is 23.2 Å². The predicted molar refractivity (Wildman–Crippen MR) is 110 cm³/mol.